The van der Waals surface area contributed by atoms with Gasteiger partial charge in [-0.3, -0.25) is 4.79 Å². The van der Waals surface area contributed by atoms with Crippen molar-refractivity contribution in [3.8, 4) is 0 Å². The molecule has 2 aromatic carbocycles. The van der Waals surface area contributed by atoms with Crippen LogP contribution in [0.15, 0.2) is 60.8 Å². The Morgan fingerprint density at radius 3 is 2.56 bits per heavy atom. The fraction of sp³-hybridized carbons (Fsp3) is 0.150. The molecule has 2 heterocycles. The summed E-state index contributed by atoms with van der Waals surface area (Å²) in [4.78, 5) is 11.6. The molecule has 0 fully saturated rings. The molecule has 2 N–H and O–H groups in total. The minimum Gasteiger partial charge on any atom is -0.364 e. The second-order valence-electron chi connectivity index (χ2n) is 6.16. The van der Waals surface area contributed by atoms with Gasteiger partial charge < -0.3 is 5.73 Å². The minimum absolute atomic E-state index is 0.206. The van der Waals surface area contributed by atoms with Crippen LogP contribution in [0.5, 0.6) is 0 Å². The Morgan fingerprint density at radius 1 is 1.04 bits per heavy atom. The molecule has 1 amide bonds. The fourth-order valence-electron chi connectivity index (χ4n) is 3.29. The maximum absolute atomic E-state index is 11.6. The monoisotopic (exact) mass is 349 g/mol. The molecule has 4 nitrogen and oxygen atoms in total. The number of benzene rings is 2. The van der Waals surface area contributed by atoms with E-state index in [0.29, 0.717) is 0 Å². The van der Waals surface area contributed by atoms with Gasteiger partial charge in [-0.1, -0.05) is 35.6 Å². The highest BCUT2D eigenvalue weighted by molar-refractivity contribution is 7.18. The number of primary amides is 1. The van der Waals surface area contributed by atoms with E-state index in [1.165, 1.54) is 21.2 Å². The van der Waals surface area contributed by atoms with Crippen molar-refractivity contribution in [2.24, 2.45) is 12.8 Å². The van der Waals surface area contributed by atoms with Crippen LogP contribution in [-0.4, -0.2) is 5.91 Å². The van der Waals surface area contributed by atoms with Gasteiger partial charge in [0.05, 0.1) is 11.8 Å². The molecular formula is C20H19N3OS+2. The van der Waals surface area contributed by atoms with Crippen molar-refractivity contribution in [1.82, 2.24) is 0 Å². The molecule has 0 aliphatic rings. The van der Waals surface area contributed by atoms with Crippen LogP contribution in [-0.2, 0) is 24.8 Å². The van der Waals surface area contributed by atoms with Gasteiger partial charge in [0.1, 0.15) is 11.7 Å². The van der Waals surface area contributed by atoms with E-state index in [2.05, 4.69) is 54.2 Å². The first-order valence-corrected chi connectivity index (χ1v) is 9.00. The Balaban J connectivity index is 1.86. The molecule has 0 atom stereocenters. The van der Waals surface area contributed by atoms with Gasteiger partial charge in [0.2, 0.25) is 22.6 Å². The summed E-state index contributed by atoms with van der Waals surface area (Å²) in [6, 6.07) is 18.7. The lowest BCUT2D eigenvalue weighted by atomic mass is 10.1. The summed E-state index contributed by atoms with van der Waals surface area (Å²) < 4.78 is 5.34. The molecule has 0 radical (unpaired) electrons. The molecule has 4 aromatic rings. The van der Waals surface area contributed by atoms with Crippen molar-refractivity contribution in [2.45, 2.75) is 13.0 Å². The fourth-order valence-corrected chi connectivity index (χ4v) is 4.47. The number of nitrogens with two attached hydrogens (primary N) is 1. The van der Waals surface area contributed by atoms with E-state index in [9.17, 15) is 4.79 Å². The standard InChI is InChI=1S/C20H18N3OS/c1-22-11-10-14(15-6-2-3-7-16(15)22)12-20-23(13-19(21)24)17-8-4-5-9-18(17)25-20/h2-11H,12-13H2,1H3,(H-,21,24)/q+1/p+1. The van der Waals surface area contributed by atoms with Crippen molar-refractivity contribution in [3.63, 3.8) is 0 Å². The predicted octanol–water partition coefficient (Wildman–Crippen LogP) is 2.24. The minimum atomic E-state index is -0.320. The van der Waals surface area contributed by atoms with E-state index in [-0.39, 0.29) is 12.5 Å². The highest BCUT2D eigenvalue weighted by Crippen LogP contribution is 2.24. The van der Waals surface area contributed by atoms with Crippen molar-refractivity contribution in [2.75, 3.05) is 0 Å². The first-order valence-electron chi connectivity index (χ1n) is 8.18. The number of pyridine rings is 1. The second-order valence-corrected chi connectivity index (χ2v) is 7.28. The number of nitrogens with zero attached hydrogens (tertiary/aromatic N) is 2. The Labute approximate surface area is 149 Å². The highest BCUT2D eigenvalue weighted by atomic mass is 32.1. The Morgan fingerprint density at radius 2 is 1.76 bits per heavy atom. The summed E-state index contributed by atoms with van der Waals surface area (Å²) in [5.74, 6) is -0.320. The lowest BCUT2D eigenvalue weighted by molar-refractivity contribution is -0.660. The lowest BCUT2D eigenvalue weighted by Crippen LogP contribution is -2.42. The Bertz CT molecular complexity index is 1100. The van der Waals surface area contributed by atoms with Crippen molar-refractivity contribution in [3.05, 3.63) is 71.4 Å². The summed E-state index contributed by atoms with van der Waals surface area (Å²) in [6.07, 6.45) is 2.86. The highest BCUT2D eigenvalue weighted by Gasteiger charge is 2.23. The maximum atomic E-state index is 11.6. The summed E-state index contributed by atoms with van der Waals surface area (Å²) in [7, 11) is 2.05. The number of fused-ring (bicyclic) bond motifs is 2. The Hall–Kier alpha value is -2.79. The van der Waals surface area contributed by atoms with Crippen molar-refractivity contribution >= 4 is 38.4 Å². The van der Waals surface area contributed by atoms with E-state index in [4.69, 9.17) is 5.73 Å². The molecule has 0 spiro atoms. The molecule has 0 bridgehead atoms. The molecule has 0 saturated carbocycles. The number of aromatic nitrogens is 2. The average molecular weight is 349 g/mol. The molecular weight excluding hydrogens is 330 g/mol. The second kappa shape index (κ2) is 6.26. The van der Waals surface area contributed by atoms with Crippen LogP contribution < -0.4 is 14.9 Å². The molecule has 5 heteroatoms. The van der Waals surface area contributed by atoms with Crippen LogP contribution in [0.2, 0.25) is 0 Å². The van der Waals surface area contributed by atoms with Gasteiger partial charge in [-0.15, -0.1) is 0 Å². The number of carbonyl (C=O) groups is 1. The zero-order valence-corrected chi connectivity index (χ0v) is 14.8. The number of rotatable bonds is 4. The van der Waals surface area contributed by atoms with E-state index in [0.717, 1.165) is 16.9 Å². The van der Waals surface area contributed by atoms with Gasteiger partial charge in [-0.2, -0.15) is 4.57 Å². The number of amides is 1. The third-order valence-corrected chi connectivity index (χ3v) is 5.64. The van der Waals surface area contributed by atoms with Gasteiger partial charge in [0.25, 0.3) is 5.91 Å². The third-order valence-electron chi connectivity index (χ3n) is 4.47. The molecule has 0 saturated heterocycles. The van der Waals surface area contributed by atoms with Gasteiger partial charge >= 0.3 is 0 Å². The molecule has 0 unspecified atom stereocenters. The summed E-state index contributed by atoms with van der Waals surface area (Å²) >= 11 is 1.72. The molecule has 124 valence electrons. The topological polar surface area (TPSA) is 50.9 Å². The smallest absolute Gasteiger partial charge is 0.283 e. The zero-order valence-electron chi connectivity index (χ0n) is 14.0. The van der Waals surface area contributed by atoms with Crippen LogP contribution in [0, 0.1) is 0 Å². The number of thiazole rings is 1. The van der Waals surface area contributed by atoms with Crippen LogP contribution in [0.25, 0.3) is 21.1 Å². The van der Waals surface area contributed by atoms with Gasteiger partial charge in [-0.25, -0.2) is 4.57 Å². The van der Waals surface area contributed by atoms with Crippen LogP contribution >= 0.6 is 11.3 Å². The van der Waals surface area contributed by atoms with Gasteiger partial charge in [0.15, 0.2) is 6.20 Å². The zero-order chi connectivity index (χ0) is 17.4. The molecule has 25 heavy (non-hydrogen) atoms. The number of aryl methyl sites for hydroxylation is 1. The third kappa shape index (κ3) is 2.87. The number of carbonyl (C=O) groups excluding carboxylic acids is 1. The van der Waals surface area contributed by atoms with Gasteiger partial charge in [-0.05, 0) is 17.7 Å². The molecule has 4 rings (SSSR count). The Kier molecular flexibility index (Phi) is 3.93. The quantitative estimate of drug-likeness (QED) is 0.565. The maximum Gasteiger partial charge on any atom is 0.283 e. The predicted molar refractivity (Wildman–Crippen MR) is 99.1 cm³/mol. The molecule has 2 aromatic heterocycles. The van der Waals surface area contributed by atoms with Crippen LogP contribution in [0.4, 0.5) is 0 Å². The van der Waals surface area contributed by atoms with E-state index < -0.39 is 0 Å². The average Bonchev–Trinajstić information content (AvgIpc) is 2.95. The first kappa shape index (κ1) is 15.7. The number of hydrogen-bond acceptors (Lipinski definition) is 2. The number of hydrogen-bond donors (Lipinski definition) is 1. The van der Waals surface area contributed by atoms with Gasteiger partial charge in [0, 0.05) is 18.2 Å². The SMILES string of the molecule is C[n+]1ccc(Cc2sc3ccccc3[n+]2CC(N)=O)c2ccccc21. The summed E-state index contributed by atoms with van der Waals surface area (Å²) in [5.41, 5.74) is 9.00. The molecule has 0 aliphatic heterocycles. The summed E-state index contributed by atoms with van der Waals surface area (Å²) in [6.45, 7) is 0.206. The van der Waals surface area contributed by atoms with Crippen molar-refractivity contribution in [1.29, 1.82) is 0 Å². The first-order chi connectivity index (χ1) is 12.1. The van der Waals surface area contributed by atoms with Crippen LogP contribution in [0.1, 0.15) is 10.6 Å². The number of para-hydroxylation sites is 2. The van der Waals surface area contributed by atoms with Crippen LogP contribution in [0.3, 0.4) is 0 Å². The molecule has 0 aliphatic carbocycles. The van der Waals surface area contributed by atoms with E-state index in [1.807, 2.05) is 22.8 Å². The van der Waals surface area contributed by atoms with Crippen molar-refractivity contribution < 1.29 is 13.9 Å². The normalized spacial score (nSPS) is 11.2. The lowest BCUT2D eigenvalue weighted by Gasteiger charge is -2.03. The largest absolute Gasteiger partial charge is 0.364 e. The van der Waals surface area contributed by atoms with E-state index in [1.54, 1.807) is 11.3 Å². The summed E-state index contributed by atoms with van der Waals surface area (Å²) in [5, 5.41) is 2.37. The van der Waals surface area contributed by atoms with E-state index >= 15 is 0 Å².